The van der Waals surface area contributed by atoms with Gasteiger partial charge in [-0.05, 0) is 25.4 Å². The van der Waals surface area contributed by atoms with Crippen molar-refractivity contribution in [2.75, 3.05) is 17.3 Å². The van der Waals surface area contributed by atoms with Crippen molar-refractivity contribution in [2.45, 2.75) is 19.4 Å². The molecular formula is C16H22N4OS. The first-order chi connectivity index (χ1) is 10.5. The summed E-state index contributed by atoms with van der Waals surface area (Å²) < 4.78 is 1.69. The first-order valence-electron chi connectivity index (χ1n) is 7.19. The van der Waals surface area contributed by atoms with Gasteiger partial charge in [-0.25, -0.2) is 0 Å². The van der Waals surface area contributed by atoms with Crippen molar-refractivity contribution in [1.82, 2.24) is 9.78 Å². The minimum atomic E-state index is -0.498. The molecule has 0 saturated heterocycles. The normalized spacial score (nSPS) is 12.2. The molecule has 1 atom stereocenters. The Morgan fingerprint density at radius 1 is 1.41 bits per heavy atom. The Morgan fingerprint density at radius 2 is 2.09 bits per heavy atom. The van der Waals surface area contributed by atoms with E-state index >= 15 is 0 Å². The molecule has 1 aromatic carbocycles. The van der Waals surface area contributed by atoms with Crippen LogP contribution in [0.25, 0.3) is 11.3 Å². The fourth-order valence-corrected chi connectivity index (χ4v) is 2.75. The largest absolute Gasteiger partial charge is 0.320 e. The van der Waals surface area contributed by atoms with E-state index in [-0.39, 0.29) is 5.91 Å². The molecule has 0 aliphatic carbocycles. The SMILES string of the molecule is CSCC[C@H](N)C(=O)Nc1c(C)c(-c2ccccc2)nn1C. The Labute approximate surface area is 135 Å². The van der Waals surface area contributed by atoms with Gasteiger partial charge in [0.05, 0.1) is 11.7 Å². The average Bonchev–Trinajstić information content (AvgIpc) is 2.81. The van der Waals surface area contributed by atoms with Crippen LogP contribution in [0.15, 0.2) is 30.3 Å². The van der Waals surface area contributed by atoms with Crippen LogP contribution in [-0.2, 0) is 11.8 Å². The smallest absolute Gasteiger partial charge is 0.242 e. The molecule has 1 amide bonds. The average molecular weight is 318 g/mol. The molecule has 6 heteroatoms. The standard InChI is InChI=1S/C16H22N4OS/c1-11-14(12-7-5-4-6-8-12)19-20(2)15(11)18-16(21)13(17)9-10-22-3/h4-8,13H,9-10,17H2,1-3H3,(H,18,21)/t13-/m0/s1. The zero-order valence-corrected chi connectivity index (χ0v) is 14.0. The van der Waals surface area contributed by atoms with Crippen molar-refractivity contribution in [3.05, 3.63) is 35.9 Å². The highest BCUT2D eigenvalue weighted by molar-refractivity contribution is 7.98. The lowest BCUT2D eigenvalue weighted by molar-refractivity contribution is -0.117. The molecule has 118 valence electrons. The molecule has 0 radical (unpaired) electrons. The second kappa shape index (κ2) is 7.47. The number of anilines is 1. The highest BCUT2D eigenvalue weighted by atomic mass is 32.2. The van der Waals surface area contributed by atoms with E-state index in [1.54, 1.807) is 16.4 Å². The number of amides is 1. The van der Waals surface area contributed by atoms with Crippen molar-refractivity contribution in [1.29, 1.82) is 0 Å². The molecule has 2 rings (SSSR count). The van der Waals surface area contributed by atoms with Crippen LogP contribution < -0.4 is 11.1 Å². The maximum absolute atomic E-state index is 12.2. The Hall–Kier alpha value is -1.79. The molecular weight excluding hydrogens is 296 g/mol. The summed E-state index contributed by atoms with van der Waals surface area (Å²) in [6.07, 6.45) is 2.66. The first-order valence-corrected chi connectivity index (χ1v) is 8.58. The fourth-order valence-electron chi connectivity index (χ4n) is 2.26. The second-order valence-corrected chi connectivity index (χ2v) is 6.17. The van der Waals surface area contributed by atoms with E-state index < -0.39 is 6.04 Å². The van der Waals surface area contributed by atoms with Gasteiger partial charge >= 0.3 is 0 Å². The molecule has 0 spiro atoms. The van der Waals surface area contributed by atoms with E-state index in [4.69, 9.17) is 5.73 Å². The van der Waals surface area contributed by atoms with Gasteiger partial charge in [-0.3, -0.25) is 9.48 Å². The maximum atomic E-state index is 12.2. The molecule has 0 aliphatic rings. The number of thioether (sulfide) groups is 1. The van der Waals surface area contributed by atoms with E-state index in [0.717, 1.165) is 22.6 Å². The molecule has 0 bridgehead atoms. The van der Waals surface area contributed by atoms with Gasteiger partial charge in [0, 0.05) is 18.2 Å². The Balaban J connectivity index is 2.19. The van der Waals surface area contributed by atoms with Gasteiger partial charge in [0.15, 0.2) is 0 Å². The predicted octanol–water partition coefficient (Wildman–Crippen LogP) is 2.41. The predicted molar refractivity (Wildman–Crippen MR) is 93.0 cm³/mol. The molecule has 22 heavy (non-hydrogen) atoms. The highest BCUT2D eigenvalue weighted by Gasteiger charge is 2.19. The minimum absolute atomic E-state index is 0.167. The molecule has 0 saturated carbocycles. The number of aryl methyl sites for hydroxylation is 1. The fraction of sp³-hybridized carbons (Fsp3) is 0.375. The summed E-state index contributed by atoms with van der Waals surface area (Å²) in [5.41, 5.74) is 8.76. The molecule has 3 N–H and O–H groups in total. The molecule has 0 unspecified atom stereocenters. The first kappa shape index (κ1) is 16.6. The molecule has 0 aliphatic heterocycles. The second-order valence-electron chi connectivity index (χ2n) is 5.19. The van der Waals surface area contributed by atoms with Gasteiger partial charge < -0.3 is 11.1 Å². The zero-order chi connectivity index (χ0) is 16.1. The van der Waals surface area contributed by atoms with Crippen molar-refractivity contribution in [2.24, 2.45) is 12.8 Å². The number of nitrogens with one attached hydrogen (secondary N) is 1. The number of aromatic nitrogens is 2. The van der Waals surface area contributed by atoms with Crippen LogP contribution in [-0.4, -0.2) is 33.7 Å². The Kier molecular flexibility index (Phi) is 5.63. The van der Waals surface area contributed by atoms with Gasteiger partial charge in [-0.1, -0.05) is 30.3 Å². The number of nitrogens with two attached hydrogens (primary N) is 1. The third-order valence-electron chi connectivity index (χ3n) is 3.54. The third kappa shape index (κ3) is 3.69. The van der Waals surface area contributed by atoms with Crippen LogP contribution in [0.1, 0.15) is 12.0 Å². The summed E-state index contributed by atoms with van der Waals surface area (Å²) in [5.74, 6) is 1.40. The summed E-state index contributed by atoms with van der Waals surface area (Å²) in [6.45, 7) is 1.96. The van der Waals surface area contributed by atoms with Crippen LogP contribution in [0.3, 0.4) is 0 Å². The molecule has 1 aromatic heterocycles. The number of carbonyl (C=O) groups excluding carboxylic acids is 1. The number of benzene rings is 1. The van der Waals surface area contributed by atoms with E-state index in [2.05, 4.69) is 10.4 Å². The minimum Gasteiger partial charge on any atom is -0.320 e. The Bertz CT molecular complexity index is 639. The van der Waals surface area contributed by atoms with Gasteiger partial charge in [-0.15, -0.1) is 0 Å². The van der Waals surface area contributed by atoms with Crippen molar-refractivity contribution < 1.29 is 4.79 Å². The quantitative estimate of drug-likeness (QED) is 0.858. The molecule has 0 fully saturated rings. The lowest BCUT2D eigenvalue weighted by atomic mass is 10.1. The van der Waals surface area contributed by atoms with Gasteiger partial charge in [0.25, 0.3) is 0 Å². The summed E-state index contributed by atoms with van der Waals surface area (Å²) in [4.78, 5) is 12.2. The van der Waals surface area contributed by atoms with E-state index in [1.165, 1.54) is 0 Å². The third-order valence-corrected chi connectivity index (χ3v) is 4.19. The van der Waals surface area contributed by atoms with Crippen LogP contribution in [0, 0.1) is 6.92 Å². The monoisotopic (exact) mass is 318 g/mol. The number of hydrogen-bond donors (Lipinski definition) is 2. The van der Waals surface area contributed by atoms with Gasteiger partial charge in [0.2, 0.25) is 5.91 Å². The van der Waals surface area contributed by atoms with Crippen molar-refractivity contribution in [3.63, 3.8) is 0 Å². The van der Waals surface area contributed by atoms with Crippen LogP contribution in [0.5, 0.6) is 0 Å². The molecule has 2 aromatic rings. The van der Waals surface area contributed by atoms with Crippen molar-refractivity contribution >= 4 is 23.5 Å². The number of nitrogens with zero attached hydrogens (tertiary/aromatic N) is 2. The maximum Gasteiger partial charge on any atom is 0.242 e. The van der Waals surface area contributed by atoms with Gasteiger partial charge in [-0.2, -0.15) is 16.9 Å². The van der Waals surface area contributed by atoms with E-state index in [9.17, 15) is 4.79 Å². The van der Waals surface area contributed by atoms with Crippen LogP contribution in [0.2, 0.25) is 0 Å². The number of carbonyl (C=O) groups is 1. The van der Waals surface area contributed by atoms with Crippen LogP contribution in [0.4, 0.5) is 5.82 Å². The van der Waals surface area contributed by atoms with E-state index in [1.807, 2.05) is 50.6 Å². The van der Waals surface area contributed by atoms with Crippen LogP contribution >= 0.6 is 11.8 Å². The highest BCUT2D eigenvalue weighted by Crippen LogP contribution is 2.27. The Morgan fingerprint density at radius 3 is 2.73 bits per heavy atom. The summed E-state index contributed by atoms with van der Waals surface area (Å²) in [6, 6.07) is 9.42. The summed E-state index contributed by atoms with van der Waals surface area (Å²) in [5, 5.41) is 7.42. The van der Waals surface area contributed by atoms with Crippen molar-refractivity contribution in [3.8, 4) is 11.3 Å². The van der Waals surface area contributed by atoms with Gasteiger partial charge in [0.1, 0.15) is 5.82 Å². The number of hydrogen-bond acceptors (Lipinski definition) is 4. The summed E-state index contributed by atoms with van der Waals surface area (Å²) >= 11 is 1.68. The lowest BCUT2D eigenvalue weighted by Gasteiger charge is -2.12. The number of rotatable bonds is 6. The van der Waals surface area contributed by atoms with E-state index in [0.29, 0.717) is 12.2 Å². The topological polar surface area (TPSA) is 72.9 Å². The lowest BCUT2D eigenvalue weighted by Crippen LogP contribution is -2.36. The summed E-state index contributed by atoms with van der Waals surface area (Å²) in [7, 11) is 1.82. The molecule has 1 heterocycles. The zero-order valence-electron chi connectivity index (χ0n) is 13.2. The molecule has 5 nitrogen and oxygen atoms in total.